The molecule has 0 saturated carbocycles. The monoisotopic (exact) mass is 397 g/mol. The molecule has 0 radical (unpaired) electrons. The zero-order chi connectivity index (χ0) is 19.9. The van der Waals surface area contributed by atoms with Crippen molar-refractivity contribution in [3.63, 3.8) is 0 Å². The first-order valence-electron chi connectivity index (χ1n) is 9.42. The maximum absolute atomic E-state index is 12.3. The van der Waals surface area contributed by atoms with E-state index in [0.717, 1.165) is 42.2 Å². The molecule has 1 saturated heterocycles. The molecule has 1 aromatic carbocycles. The Morgan fingerprint density at radius 2 is 1.96 bits per heavy atom. The van der Waals surface area contributed by atoms with Gasteiger partial charge in [-0.15, -0.1) is 0 Å². The van der Waals surface area contributed by atoms with Crippen molar-refractivity contribution in [1.82, 2.24) is 10.2 Å². The average molecular weight is 398 g/mol. The van der Waals surface area contributed by atoms with E-state index in [1.54, 1.807) is 12.1 Å². The standard InChI is InChI=1S/C19H31N3O4S/c1-16-8-9-18(26-2)17(14-16)22(27(3,24)25)15-19(23)20-10-7-13-21-11-5-4-6-12-21/h8-9,14H,4-7,10-13,15H2,1-3H3,(H,20,23). The van der Waals surface area contributed by atoms with Crippen molar-refractivity contribution in [1.29, 1.82) is 0 Å². The highest BCUT2D eigenvalue weighted by atomic mass is 32.2. The molecule has 7 nitrogen and oxygen atoms in total. The Hall–Kier alpha value is -1.80. The van der Waals surface area contributed by atoms with E-state index in [0.29, 0.717) is 18.0 Å². The Morgan fingerprint density at radius 3 is 2.59 bits per heavy atom. The number of rotatable bonds is 9. The van der Waals surface area contributed by atoms with E-state index in [1.165, 1.54) is 26.4 Å². The zero-order valence-electron chi connectivity index (χ0n) is 16.5. The lowest BCUT2D eigenvalue weighted by atomic mass is 10.1. The van der Waals surface area contributed by atoms with Gasteiger partial charge in [-0.25, -0.2) is 8.42 Å². The first-order chi connectivity index (χ1) is 12.8. The number of anilines is 1. The third-order valence-corrected chi connectivity index (χ3v) is 5.84. The molecule has 1 N–H and O–H groups in total. The van der Waals surface area contributed by atoms with Crippen LogP contribution in [0.25, 0.3) is 0 Å². The van der Waals surface area contributed by atoms with Gasteiger partial charge in [0.25, 0.3) is 0 Å². The minimum atomic E-state index is -3.63. The molecule has 0 spiro atoms. The molecule has 1 aliphatic heterocycles. The Labute approximate surface area is 162 Å². The fourth-order valence-electron chi connectivity index (χ4n) is 3.28. The number of carbonyl (C=O) groups is 1. The van der Waals surface area contributed by atoms with E-state index in [2.05, 4.69) is 10.2 Å². The number of sulfonamides is 1. The molecule has 8 heteroatoms. The average Bonchev–Trinajstić information content (AvgIpc) is 2.63. The molecule has 1 fully saturated rings. The molecule has 1 aliphatic rings. The fourth-order valence-corrected chi connectivity index (χ4v) is 4.13. The summed E-state index contributed by atoms with van der Waals surface area (Å²) >= 11 is 0. The van der Waals surface area contributed by atoms with Crippen molar-refractivity contribution in [3.8, 4) is 5.75 Å². The molecule has 152 valence electrons. The zero-order valence-corrected chi connectivity index (χ0v) is 17.3. The summed E-state index contributed by atoms with van der Waals surface area (Å²) in [5.74, 6) is 0.103. The Balaban J connectivity index is 1.94. The van der Waals surface area contributed by atoms with Crippen LogP contribution in [0.1, 0.15) is 31.2 Å². The summed E-state index contributed by atoms with van der Waals surface area (Å²) in [6.45, 7) is 5.36. The van der Waals surface area contributed by atoms with Gasteiger partial charge in [-0.2, -0.15) is 0 Å². The van der Waals surface area contributed by atoms with Crippen LogP contribution in [0.5, 0.6) is 5.75 Å². The summed E-state index contributed by atoms with van der Waals surface area (Å²) < 4.78 is 30.9. The van der Waals surface area contributed by atoms with Gasteiger partial charge >= 0.3 is 0 Å². The molecule has 0 unspecified atom stereocenters. The minimum absolute atomic E-state index is 0.262. The van der Waals surface area contributed by atoms with Gasteiger partial charge in [0, 0.05) is 6.54 Å². The third-order valence-electron chi connectivity index (χ3n) is 4.71. The van der Waals surface area contributed by atoms with Crippen LogP contribution in [0.3, 0.4) is 0 Å². The molecular weight excluding hydrogens is 366 g/mol. The highest BCUT2D eigenvalue weighted by Gasteiger charge is 2.24. The van der Waals surface area contributed by atoms with Crippen LogP contribution in [0.4, 0.5) is 5.69 Å². The van der Waals surface area contributed by atoms with Gasteiger partial charge in [0.2, 0.25) is 15.9 Å². The fraction of sp³-hybridized carbons (Fsp3) is 0.632. The van der Waals surface area contributed by atoms with Crippen molar-refractivity contribution in [2.24, 2.45) is 0 Å². The van der Waals surface area contributed by atoms with Gasteiger partial charge < -0.3 is 15.0 Å². The third kappa shape index (κ3) is 6.70. The maximum atomic E-state index is 12.3. The number of nitrogens with zero attached hydrogens (tertiary/aromatic N) is 2. The van der Waals surface area contributed by atoms with E-state index in [9.17, 15) is 13.2 Å². The number of piperidine rings is 1. The summed E-state index contributed by atoms with van der Waals surface area (Å²) in [5.41, 5.74) is 1.27. The first kappa shape index (κ1) is 21.5. The molecule has 0 atom stereocenters. The van der Waals surface area contributed by atoms with E-state index in [4.69, 9.17) is 4.74 Å². The lowest BCUT2D eigenvalue weighted by molar-refractivity contribution is -0.119. The van der Waals surface area contributed by atoms with Crippen LogP contribution >= 0.6 is 0 Å². The molecule has 1 heterocycles. The van der Waals surface area contributed by atoms with Gasteiger partial charge in [0.15, 0.2) is 0 Å². The summed E-state index contributed by atoms with van der Waals surface area (Å²) in [6, 6.07) is 5.26. The smallest absolute Gasteiger partial charge is 0.240 e. The second-order valence-electron chi connectivity index (χ2n) is 7.05. The second-order valence-corrected chi connectivity index (χ2v) is 8.96. The second kappa shape index (κ2) is 9.94. The van der Waals surface area contributed by atoms with Crippen LogP contribution in [-0.2, 0) is 14.8 Å². The predicted molar refractivity (Wildman–Crippen MR) is 108 cm³/mol. The van der Waals surface area contributed by atoms with Gasteiger partial charge in [-0.3, -0.25) is 9.10 Å². The Morgan fingerprint density at radius 1 is 1.26 bits per heavy atom. The van der Waals surface area contributed by atoms with Crippen LogP contribution in [0.2, 0.25) is 0 Å². The van der Waals surface area contributed by atoms with Crippen molar-refractivity contribution >= 4 is 21.6 Å². The highest BCUT2D eigenvalue weighted by molar-refractivity contribution is 7.92. The SMILES string of the molecule is COc1ccc(C)cc1N(CC(=O)NCCCN1CCCCC1)S(C)(=O)=O. The normalized spacial score (nSPS) is 15.4. The molecule has 0 aliphatic carbocycles. The van der Waals surface area contributed by atoms with E-state index in [1.807, 2.05) is 13.0 Å². The molecule has 1 aromatic rings. The molecular formula is C19H31N3O4S. The summed E-state index contributed by atoms with van der Waals surface area (Å²) in [6.07, 6.45) is 5.75. The molecule has 0 bridgehead atoms. The maximum Gasteiger partial charge on any atom is 0.240 e. The predicted octanol–water partition coefficient (Wildman–Crippen LogP) is 1.76. The number of aryl methyl sites for hydroxylation is 1. The number of methoxy groups -OCH3 is 1. The van der Waals surface area contributed by atoms with Crippen LogP contribution in [-0.4, -0.2) is 65.3 Å². The number of amides is 1. The summed E-state index contributed by atoms with van der Waals surface area (Å²) in [5, 5.41) is 2.83. The number of hydrogen-bond acceptors (Lipinski definition) is 5. The number of likely N-dealkylation sites (tertiary alicyclic amines) is 1. The van der Waals surface area contributed by atoms with E-state index < -0.39 is 10.0 Å². The molecule has 0 aromatic heterocycles. The first-order valence-corrected chi connectivity index (χ1v) is 11.3. The van der Waals surface area contributed by atoms with E-state index >= 15 is 0 Å². The van der Waals surface area contributed by atoms with Crippen molar-refractivity contribution in [2.45, 2.75) is 32.6 Å². The Kier molecular flexibility index (Phi) is 7.91. The lowest BCUT2D eigenvalue weighted by Gasteiger charge is -2.26. The van der Waals surface area contributed by atoms with Gasteiger partial charge in [-0.1, -0.05) is 12.5 Å². The van der Waals surface area contributed by atoms with Crippen LogP contribution in [0, 0.1) is 6.92 Å². The van der Waals surface area contributed by atoms with Crippen molar-refractivity contribution in [2.75, 3.05) is 50.4 Å². The summed E-state index contributed by atoms with van der Waals surface area (Å²) in [4.78, 5) is 14.8. The molecule has 27 heavy (non-hydrogen) atoms. The van der Waals surface area contributed by atoms with Gasteiger partial charge in [0.1, 0.15) is 12.3 Å². The number of hydrogen-bond donors (Lipinski definition) is 1. The number of carbonyl (C=O) groups excluding carboxylic acids is 1. The molecule has 2 rings (SSSR count). The number of benzene rings is 1. The lowest BCUT2D eigenvalue weighted by Crippen LogP contribution is -2.41. The Bertz CT molecular complexity index is 730. The van der Waals surface area contributed by atoms with Crippen molar-refractivity contribution in [3.05, 3.63) is 23.8 Å². The number of nitrogens with one attached hydrogen (secondary N) is 1. The quantitative estimate of drug-likeness (QED) is 0.643. The topological polar surface area (TPSA) is 79.0 Å². The minimum Gasteiger partial charge on any atom is -0.495 e. The van der Waals surface area contributed by atoms with Crippen LogP contribution in [0.15, 0.2) is 18.2 Å². The summed E-state index contributed by atoms with van der Waals surface area (Å²) in [7, 11) is -2.14. The largest absolute Gasteiger partial charge is 0.495 e. The van der Waals surface area contributed by atoms with Crippen LogP contribution < -0.4 is 14.4 Å². The number of ether oxygens (including phenoxy) is 1. The van der Waals surface area contributed by atoms with Gasteiger partial charge in [-0.05, 0) is 63.5 Å². The van der Waals surface area contributed by atoms with E-state index in [-0.39, 0.29) is 12.5 Å². The molecule has 1 amide bonds. The van der Waals surface area contributed by atoms with Crippen molar-refractivity contribution < 1.29 is 17.9 Å². The highest BCUT2D eigenvalue weighted by Crippen LogP contribution is 2.30. The van der Waals surface area contributed by atoms with Gasteiger partial charge in [0.05, 0.1) is 19.1 Å².